The molecule has 1 aliphatic carbocycles. The summed E-state index contributed by atoms with van der Waals surface area (Å²) in [6.07, 6.45) is 5.76. The van der Waals surface area contributed by atoms with Crippen molar-refractivity contribution in [3.63, 3.8) is 0 Å². The monoisotopic (exact) mass is 225 g/mol. The van der Waals surface area contributed by atoms with Crippen molar-refractivity contribution in [1.29, 1.82) is 0 Å². The van der Waals surface area contributed by atoms with E-state index >= 15 is 0 Å². The Balaban J connectivity index is 2.13. The molecular weight excluding hydrogens is 210 g/mol. The summed E-state index contributed by atoms with van der Waals surface area (Å²) in [6.45, 7) is 0. The minimum atomic E-state index is 0.0941. The minimum Gasteiger partial charge on any atom is -0.299 e. The maximum Gasteiger partial charge on any atom is 0.140 e. The van der Waals surface area contributed by atoms with Crippen molar-refractivity contribution in [2.45, 2.75) is 31.6 Å². The SMILES string of the molecule is O=C1CCCCC1c1ccnc2ccccc12. The number of ketones is 1. The van der Waals surface area contributed by atoms with Crippen LogP contribution in [0.15, 0.2) is 36.5 Å². The number of rotatable bonds is 1. The maximum absolute atomic E-state index is 12.0. The van der Waals surface area contributed by atoms with Crippen LogP contribution in [0.1, 0.15) is 37.2 Å². The van der Waals surface area contributed by atoms with Crippen LogP contribution in [-0.4, -0.2) is 10.8 Å². The van der Waals surface area contributed by atoms with Gasteiger partial charge < -0.3 is 0 Å². The Hall–Kier alpha value is -1.70. The number of carbonyl (C=O) groups is 1. The number of fused-ring (bicyclic) bond motifs is 1. The number of para-hydroxylation sites is 1. The highest BCUT2D eigenvalue weighted by atomic mass is 16.1. The number of pyridine rings is 1. The lowest BCUT2D eigenvalue weighted by Crippen LogP contribution is -2.17. The van der Waals surface area contributed by atoms with Crippen LogP contribution in [0.2, 0.25) is 0 Å². The van der Waals surface area contributed by atoms with E-state index in [1.165, 1.54) is 5.56 Å². The van der Waals surface area contributed by atoms with Gasteiger partial charge in [0.1, 0.15) is 5.78 Å². The molecule has 3 rings (SSSR count). The number of hydrogen-bond acceptors (Lipinski definition) is 2. The van der Waals surface area contributed by atoms with Gasteiger partial charge in [-0.25, -0.2) is 0 Å². The predicted molar refractivity (Wildman–Crippen MR) is 68.0 cm³/mol. The van der Waals surface area contributed by atoms with Crippen LogP contribution in [0, 0.1) is 0 Å². The molecule has 1 aliphatic rings. The summed E-state index contributed by atoms with van der Waals surface area (Å²) in [6, 6.07) is 10.1. The van der Waals surface area contributed by atoms with E-state index in [2.05, 4.69) is 11.1 Å². The van der Waals surface area contributed by atoms with Gasteiger partial charge in [-0.1, -0.05) is 24.6 Å². The fourth-order valence-electron chi connectivity index (χ4n) is 2.73. The second kappa shape index (κ2) is 4.28. The van der Waals surface area contributed by atoms with Crippen LogP contribution in [0.3, 0.4) is 0 Å². The molecule has 86 valence electrons. The lowest BCUT2D eigenvalue weighted by atomic mass is 9.82. The van der Waals surface area contributed by atoms with Gasteiger partial charge in [0.25, 0.3) is 0 Å². The third-order valence-electron chi connectivity index (χ3n) is 3.61. The molecule has 1 unspecified atom stereocenters. The molecule has 2 aromatic rings. The maximum atomic E-state index is 12.0. The summed E-state index contributed by atoms with van der Waals surface area (Å²) in [5.41, 5.74) is 2.16. The fourth-order valence-corrected chi connectivity index (χ4v) is 2.73. The van der Waals surface area contributed by atoms with E-state index in [9.17, 15) is 4.79 Å². The molecule has 1 fully saturated rings. The molecule has 1 aromatic carbocycles. The summed E-state index contributed by atoms with van der Waals surface area (Å²) in [4.78, 5) is 16.4. The lowest BCUT2D eigenvalue weighted by Gasteiger charge is -2.21. The van der Waals surface area contributed by atoms with Crippen LogP contribution < -0.4 is 0 Å². The van der Waals surface area contributed by atoms with Crippen molar-refractivity contribution in [2.75, 3.05) is 0 Å². The second-order valence-corrected chi connectivity index (χ2v) is 4.68. The molecular formula is C15H15NO. The highest BCUT2D eigenvalue weighted by Crippen LogP contribution is 2.33. The normalized spacial score (nSPS) is 20.7. The van der Waals surface area contributed by atoms with E-state index in [0.717, 1.165) is 36.6 Å². The van der Waals surface area contributed by atoms with Crippen LogP contribution >= 0.6 is 0 Å². The first-order valence-electron chi connectivity index (χ1n) is 6.22. The van der Waals surface area contributed by atoms with Gasteiger partial charge in [0.15, 0.2) is 0 Å². The third-order valence-corrected chi connectivity index (χ3v) is 3.61. The third kappa shape index (κ3) is 1.84. The van der Waals surface area contributed by atoms with Gasteiger partial charge in [-0.2, -0.15) is 0 Å². The Bertz CT molecular complexity index is 556. The smallest absolute Gasteiger partial charge is 0.140 e. The van der Waals surface area contributed by atoms with Crippen molar-refractivity contribution in [3.05, 3.63) is 42.1 Å². The number of aromatic nitrogens is 1. The largest absolute Gasteiger partial charge is 0.299 e. The molecule has 2 nitrogen and oxygen atoms in total. The number of Topliss-reactive ketones (excluding diaryl/α,β-unsaturated/α-hetero) is 1. The summed E-state index contributed by atoms with van der Waals surface area (Å²) in [7, 11) is 0. The molecule has 17 heavy (non-hydrogen) atoms. The van der Waals surface area contributed by atoms with E-state index in [-0.39, 0.29) is 5.92 Å². The van der Waals surface area contributed by atoms with Crippen LogP contribution in [-0.2, 0) is 4.79 Å². The van der Waals surface area contributed by atoms with E-state index < -0.39 is 0 Å². The van der Waals surface area contributed by atoms with E-state index in [1.54, 1.807) is 0 Å². The summed E-state index contributed by atoms with van der Waals surface area (Å²) < 4.78 is 0. The quantitative estimate of drug-likeness (QED) is 0.744. The van der Waals surface area contributed by atoms with Crippen molar-refractivity contribution in [1.82, 2.24) is 4.98 Å². The lowest BCUT2D eigenvalue weighted by molar-refractivity contribution is -0.121. The van der Waals surface area contributed by atoms with E-state index in [0.29, 0.717) is 5.78 Å². The van der Waals surface area contributed by atoms with E-state index in [4.69, 9.17) is 0 Å². The van der Waals surface area contributed by atoms with Gasteiger partial charge in [0.2, 0.25) is 0 Å². The topological polar surface area (TPSA) is 30.0 Å². The number of hydrogen-bond donors (Lipinski definition) is 0. The van der Waals surface area contributed by atoms with Gasteiger partial charge in [0.05, 0.1) is 5.52 Å². The van der Waals surface area contributed by atoms with Gasteiger partial charge in [-0.15, -0.1) is 0 Å². The Morgan fingerprint density at radius 2 is 2.00 bits per heavy atom. The first kappa shape index (κ1) is 10.5. The zero-order valence-corrected chi connectivity index (χ0v) is 9.73. The van der Waals surface area contributed by atoms with E-state index in [1.807, 2.05) is 30.5 Å². The van der Waals surface area contributed by atoms with Gasteiger partial charge in [0, 0.05) is 23.9 Å². The molecule has 0 N–H and O–H groups in total. The first-order valence-corrected chi connectivity index (χ1v) is 6.22. The molecule has 0 aliphatic heterocycles. The Morgan fingerprint density at radius 3 is 2.88 bits per heavy atom. The van der Waals surface area contributed by atoms with Crippen molar-refractivity contribution in [3.8, 4) is 0 Å². The molecule has 0 radical (unpaired) electrons. The molecule has 0 bridgehead atoms. The van der Waals surface area contributed by atoms with Gasteiger partial charge in [-0.05, 0) is 30.5 Å². The Kier molecular flexibility index (Phi) is 2.63. The standard InChI is InChI=1S/C15H15NO/c17-15-8-4-2-6-13(15)11-9-10-16-14-7-3-1-5-12(11)14/h1,3,5,7,9-10,13H,2,4,6,8H2. The minimum absolute atomic E-state index is 0.0941. The molecule has 0 amide bonds. The Morgan fingerprint density at radius 1 is 1.12 bits per heavy atom. The first-order chi connectivity index (χ1) is 8.36. The average molecular weight is 225 g/mol. The number of benzene rings is 1. The highest BCUT2D eigenvalue weighted by molar-refractivity contribution is 5.92. The van der Waals surface area contributed by atoms with Crippen LogP contribution in [0.4, 0.5) is 0 Å². The molecule has 0 saturated heterocycles. The average Bonchev–Trinajstić information content (AvgIpc) is 2.39. The molecule has 1 atom stereocenters. The van der Waals surface area contributed by atoms with Crippen molar-refractivity contribution in [2.24, 2.45) is 0 Å². The highest BCUT2D eigenvalue weighted by Gasteiger charge is 2.25. The molecule has 2 heteroatoms. The molecule has 1 heterocycles. The second-order valence-electron chi connectivity index (χ2n) is 4.68. The van der Waals surface area contributed by atoms with Crippen molar-refractivity contribution >= 4 is 16.7 Å². The molecule has 0 spiro atoms. The molecule has 1 aromatic heterocycles. The number of nitrogens with zero attached hydrogens (tertiary/aromatic N) is 1. The molecule has 1 saturated carbocycles. The zero-order chi connectivity index (χ0) is 11.7. The summed E-state index contributed by atoms with van der Waals surface area (Å²) in [5, 5.41) is 1.13. The predicted octanol–water partition coefficient (Wildman–Crippen LogP) is 3.46. The zero-order valence-electron chi connectivity index (χ0n) is 9.73. The summed E-state index contributed by atoms with van der Waals surface area (Å²) in [5.74, 6) is 0.490. The van der Waals surface area contributed by atoms with Crippen molar-refractivity contribution < 1.29 is 4.79 Å². The van der Waals surface area contributed by atoms with Gasteiger partial charge >= 0.3 is 0 Å². The summed E-state index contributed by atoms with van der Waals surface area (Å²) >= 11 is 0. The van der Waals surface area contributed by atoms with Crippen LogP contribution in [0.25, 0.3) is 10.9 Å². The van der Waals surface area contributed by atoms with Crippen LogP contribution in [0.5, 0.6) is 0 Å². The Labute approximate surface area is 101 Å². The number of carbonyl (C=O) groups excluding carboxylic acids is 1. The fraction of sp³-hybridized carbons (Fsp3) is 0.333. The van der Waals surface area contributed by atoms with Gasteiger partial charge in [-0.3, -0.25) is 9.78 Å².